The zero-order chi connectivity index (χ0) is 16.6. The minimum Gasteiger partial charge on any atom is -0.329 e. The van der Waals surface area contributed by atoms with Crippen LogP contribution in [0.2, 0.25) is 0 Å². The van der Waals surface area contributed by atoms with Gasteiger partial charge in [0.2, 0.25) is 0 Å². The average Bonchev–Trinajstić information content (AvgIpc) is 3.10. The highest BCUT2D eigenvalue weighted by Gasteiger charge is 2.09. The van der Waals surface area contributed by atoms with Crippen molar-refractivity contribution < 1.29 is 0 Å². The summed E-state index contributed by atoms with van der Waals surface area (Å²) in [6.07, 6.45) is 3.00. The third-order valence-corrected chi connectivity index (χ3v) is 3.95. The van der Waals surface area contributed by atoms with Gasteiger partial charge < -0.3 is 5.73 Å². The Morgan fingerprint density at radius 2 is 1.62 bits per heavy atom. The molecule has 0 amide bonds. The van der Waals surface area contributed by atoms with E-state index in [4.69, 9.17) is 5.73 Å². The summed E-state index contributed by atoms with van der Waals surface area (Å²) >= 11 is 0. The highest BCUT2D eigenvalue weighted by molar-refractivity contribution is 5.29. The highest BCUT2D eigenvalue weighted by Crippen LogP contribution is 2.08. The fourth-order valence-electron chi connectivity index (χ4n) is 2.69. The number of aromatic nitrogens is 3. The van der Waals surface area contributed by atoms with Gasteiger partial charge in [0.1, 0.15) is 0 Å². The van der Waals surface area contributed by atoms with E-state index in [-0.39, 0.29) is 0 Å². The molecule has 0 spiro atoms. The summed E-state index contributed by atoms with van der Waals surface area (Å²) < 4.78 is 1.81. The molecule has 3 rings (SSSR count). The Morgan fingerprint density at radius 3 is 2.33 bits per heavy atom. The van der Waals surface area contributed by atoms with Crippen molar-refractivity contribution in [2.75, 3.05) is 19.6 Å². The van der Waals surface area contributed by atoms with E-state index in [0.717, 1.165) is 37.4 Å². The van der Waals surface area contributed by atoms with Crippen LogP contribution in [0.3, 0.4) is 0 Å². The molecule has 0 aliphatic carbocycles. The standard InChI is InChI=1S/C19H23N5/c20-12-14-23(13-11-17-7-3-1-4-8-17)15-18-16-24(22-21-18)19-9-5-2-6-10-19/h1-10,16H,11-15,20H2. The summed E-state index contributed by atoms with van der Waals surface area (Å²) in [4.78, 5) is 2.33. The molecule has 1 aromatic heterocycles. The molecule has 3 aromatic rings. The Morgan fingerprint density at radius 1 is 0.917 bits per heavy atom. The van der Waals surface area contributed by atoms with Crippen molar-refractivity contribution in [2.24, 2.45) is 5.73 Å². The molecular formula is C19H23N5. The Bertz CT molecular complexity index is 724. The van der Waals surface area contributed by atoms with E-state index in [2.05, 4.69) is 39.5 Å². The third kappa shape index (κ3) is 4.50. The summed E-state index contributed by atoms with van der Waals surface area (Å²) in [7, 11) is 0. The molecule has 0 fully saturated rings. The van der Waals surface area contributed by atoms with Gasteiger partial charge in [-0.15, -0.1) is 5.10 Å². The van der Waals surface area contributed by atoms with Gasteiger partial charge in [0.25, 0.3) is 0 Å². The first-order valence-electron chi connectivity index (χ1n) is 8.28. The van der Waals surface area contributed by atoms with Crippen molar-refractivity contribution in [1.29, 1.82) is 0 Å². The zero-order valence-corrected chi connectivity index (χ0v) is 13.8. The van der Waals surface area contributed by atoms with Crippen LogP contribution in [0.25, 0.3) is 5.69 Å². The lowest BCUT2D eigenvalue weighted by atomic mass is 10.1. The van der Waals surface area contributed by atoms with E-state index in [1.807, 2.05) is 47.3 Å². The van der Waals surface area contributed by atoms with Crippen LogP contribution in [0.15, 0.2) is 66.9 Å². The lowest BCUT2D eigenvalue weighted by Gasteiger charge is -2.20. The molecule has 2 N–H and O–H groups in total. The van der Waals surface area contributed by atoms with E-state index in [9.17, 15) is 0 Å². The molecule has 2 aromatic carbocycles. The van der Waals surface area contributed by atoms with E-state index in [1.54, 1.807) is 0 Å². The molecule has 0 atom stereocenters. The second-order valence-corrected chi connectivity index (χ2v) is 5.79. The van der Waals surface area contributed by atoms with Gasteiger partial charge in [-0.25, -0.2) is 4.68 Å². The predicted molar refractivity (Wildman–Crippen MR) is 95.8 cm³/mol. The van der Waals surface area contributed by atoms with Crippen molar-refractivity contribution in [3.8, 4) is 5.69 Å². The molecule has 5 nitrogen and oxygen atoms in total. The lowest BCUT2D eigenvalue weighted by Crippen LogP contribution is -2.31. The number of nitrogens with zero attached hydrogens (tertiary/aromatic N) is 4. The van der Waals surface area contributed by atoms with E-state index in [0.29, 0.717) is 6.54 Å². The van der Waals surface area contributed by atoms with Crippen molar-refractivity contribution in [1.82, 2.24) is 19.9 Å². The first-order valence-corrected chi connectivity index (χ1v) is 8.28. The minimum atomic E-state index is 0.640. The molecule has 0 radical (unpaired) electrons. The van der Waals surface area contributed by atoms with E-state index < -0.39 is 0 Å². The number of nitrogens with two attached hydrogens (primary N) is 1. The molecule has 0 bridgehead atoms. The number of para-hydroxylation sites is 1. The Balaban J connectivity index is 1.62. The molecule has 0 unspecified atom stereocenters. The van der Waals surface area contributed by atoms with Gasteiger partial charge in [-0.3, -0.25) is 4.90 Å². The molecule has 0 aliphatic rings. The lowest BCUT2D eigenvalue weighted by molar-refractivity contribution is 0.273. The Labute approximate surface area is 142 Å². The van der Waals surface area contributed by atoms with Crippen LogP contribution in [0.4, 0.5) is 0 Å². The van der Waals surface area contributed by atoms with Crippen molar-refractivity contribution in [3.05, 3.63) is 78.1 Å². The van der Waals surface area contributed by atoms with Gasteiger partial charge in [0.05, 0.1) is 17.6 Å². The highest BCUT2D eigenvalue weighted by atomic mass is 15.4. The second kappa shape index (κ2) is 8.38. The Kier molecular flexibility index (Phi) is 5.71. The van der Waals surface area contributed by atoms with Gasteiger partial charge in [0.15, 0.2) is 0 Å². The smallest absolute Gasteiger partial charge is 0.0971 e. The SMILES string of the molecule is NCCN(CCc1ccccc1)Cc1cn(-c2ccccc2)nn1. The van der Waals surface area contributed by atoms with Gasteiger partial charge in [-0.1, -0.05) is 53.7 Å². The van der Waals surface area contributed by atoms with E-state index in [1.165, 1.54) is 5.56 Å². The fourth-order valence-corrected chi connectivity index (χ4v) is 2.69. The van der Waals surface area contributed by atoms with Crippen LogP contribution in [0, 0.1) is 0 Å². The topological polar surface area (TPSA) is 60.0 Å². The van der Waals surface area contributed by atoms with Crippen molar-refractivity contribution in [2.45, 2.75) is 13.0 Å². The third-order valence-electron chi connectivity index (χ3n) is 3.95. The summed E-state index contributed by atoms with van der Waals surface area (Å²) in [6.45, 7) is 3.21. The fraction of sp³-hybridized carbons (Fsp3) is 0.263. The van der Waals surface area contributed by atoms with E-state index >= 15 is 0 Å². The maximum atomic E-state index is 5.77. The quantitative estimate of drug-likeness (QED) is 0.691. The number of rotatable bonds is 8. The van der Waals surface area contributed by atoms with Crippen LogP contribution in [-0.4, -0.2) is 39.5 Å². The molecule has 124 valence electrons. The van der Waals surface area contributed by atoms with Gasteiger partial charge >= 0.3 is 0 Å². The summed E-state index contributed by atoms with van der Waals surface area (Å²) in [5.74, 6) is 0. The molecule has 1 heterocycles. The van der Waals surface area contributed by atoms with Gasteiger partial charge in [-0.05, 0) is 24.1 Å². The van der Waals surface area contributed by atoms with Crippen LogP contribution < -0.4 is 5.73 Å². The molecule has 0 saturated carbocycles. The normalized spacial score (nSPS) is 11.1. The molecule has 24 heavy (non-hydrogen) atoms. The van der Waals surface area contributed by atoms with Crippen molar-refractivity contribution >= 4 is 0 Å². The number of benzene rings is 2. The van der Waals surface area contributed by atoms with Crippen LogP contribution in [-0.2, 0) is 13.0 Å². The van der Waals surface area contributed by atoms with Crippen LogP contribution >= 0.6 is 0 Å². The summed E-state index contributed by atoms with van der Waals surface area (Å²) in [6, 6.07) is 20.5. The molecule has 0 aliphatic heterocycles. The minimum absolute atomic E-state index is 0.640. The predicted octanol–water partition coefficient (Wildman–Crippen LogP) is 2.27. The molecule has 5 heteroatoms. The Hall–Kier alpha value is -2.50. The maximum absolute atomic E-state index is 5.77. The monoisotopic (exact) mass is 321 g/mol. The summed E-state index contributed by atoms with van der Waals surface area (Å²) in [5, 5.41) is 8.53. The number of hydrogen-bond acceptors (Lipinski definition) is 4. The summed E-state index contributed by atoms with van der Waals surface area (Å²) in [5.41, 5.74) is 9.08. The molecular weight excluding hydrogens is 298 g/mol. The number of hydrogen-bond donors (Lipinski definition) is 1. The van der Waals surface area contributed by atoms with Crippen LogP contribution in [0.5, 0.6) is 0 Å². The zero-order valence-electron chi connectivity index (χ0n) is 13.8. The van der Waals surface area contributed by atoms with Gasteiger partial charge in [-0.2, -0.15) is 0 Å². The second-order valence-electron chi connectivity index (χ2n) is 5.79. The van der Waals surface area contributed by atoms with Crippen molar-refractivity contribution in [3.63, 3.8) is 0 Å². The first kappa shape index (κ1) is 16.4. The first-order chi connectivity index (χ1) is 11.8. The maximum Gasteiger partial charge on any atom is 0.0971 e. The van der Waals surface area contributed by atoms with Crippen LogP contribution in [0.1, 0.15) is 11.3 Å². The van der Waals surface area contributed by atoms with Gasteiger partial charge in [0, 0.05) is 26.2 Å². The largest absolute Gasteiger partial charge is 0.329 e. The average molecular weight is 321 g/mol. The molecule has 0 saturated heterocycles.